The number of carboxylic acids is 1. The second-order valence-corrected chi connectivity index (χ2v) is 4.61. The van der Waals surface area contributed by atoms with Gasteiger partial charge in [0.05, 0.1) is 6.61 Å². The highest BCUT2D eigenvalue weighted by Crippen LogP contribution is 2.28. The van der Waals surface area contributed by atoms with Crippen molar-refractivity contribution in [2.75, 3.05) is 6.61 Å². The number of nitrogens with zero attached hydrogens (tertiary/aromatic N) is 2. The smallest absolute Gasteiger partial charge is 0.352 e. The summed E-state index contributed by atoms with van der Waals surface area (Å²) < 4.78 is 6.32. The Labute approximate surface area is 117 Å². The lowest BCUT2D eigenvalue weighted by atomic mass is 10.1. The molecule has 0 bridgehead atoms. The number of aromatic carboxylic acids is 1. The Morgan fingerprint density at radius 2 is 1.95 bits per heavy atom. The Morgan fingerprint density at radius 3 is 2.43 bits per heavy atom. The van der Waals surface area contributed by atoms with Crippen LogP contribution in [-0.4, -0.2) is 60.4 Å². The molecule has 1 fully saturated rings. The van der Waals surface area contributed by atoms with Crippen LogP contribution in [0.2, 0.25) is 0 Å². The fourth-order valence-corrected chi connectivity index (χ4v) is 2.15. The summed E-state index contributed by atoms with van der Waals surface area (Å²) in [6.45, 7) is -0.627. The highest BCUT2D eigenvalue weighted by Gasteiger charge is 2.45. The van der Waals surface area contributed by atoms with Gasteiger partial charge in [-0.1, -0.05) is 0 Å². The van der Waals surface area contributed by atoms with Crippen LogP contribution in [0.15, 0.2) is 15.7 Å². The highest BCUT2D eigenvalue weighted by atomic mass is 16.6. The predicted octanol–water partition coefficient (Wildman–Crippen LogP) is -3.14. The normalized spacial score (nSPS) is 28.8. The van der Waals surface area contributed by atoms with Crippen molar-refractivity contribution >= 4 is 5.97 Å². The fraction of sp³-hybridized carbons (Fsp3) is 0.545. The summed E-state index contributed by atoms with van der Waals surface area (Å²) in [6.07, 6.45) is -5.82. The van der Waals surface area contributed by atoms with E-state index in [0.717, 1.165) is 7.05 Å². The van der Waals surface area contributed by atoms with Crippen LogP contribution in [-0.2, 0) is 11.8 Å². The van der Waals surface area contributed by atoms with E-state index in [2.05, 4.69) is 0 Å². The molecule has 4 N–H and O–H groups in total. The lowest BCUT2D eigenvalue weighted by Crippen LogP contribution is -2.44. The summed E-state index contributed by atoms with van der Waals surface area (Å²) in [4.78, 5) is 34.7. The molecular formula is C11H14N2O8. The van der Waals surface area contributed by atoms with Crippen LogP contribution in [0.1, 0.15) is 16.7 Å². The maximum atomic E-state index is 12.1. The molecular weight excluding hydrogens is 288 g/mol. The third-order valence-corrected chi connectivity index (χ3v) is 3.33. The molecule has 1 aromatic heterocycles. The zero-order chi connectivity index (χ0) is 15.9. The first-order valence-electron chi connectivity index (χ1n) is 5.98. The van der Waals surface area contributed by atoms with Crippen molar-refractivity contribution in [3.8, 4) is 0 Å². The van der Waals surface area contributed by atoms with E-state index in [4.69, 9.17) is 14.9 Å². The van der Waals surface area contributed by atoms with Gasteiger partial charge in [-0.15, -0.1) is 0 Å². The molecule has 0 spiro atoms. The first-order valence-corrected chi connectivity index (χ1v) is 5.98. The second-order valence-electron chi connectivity index (χ2n) is 4.61. The summed E-state index contributed by atoms with van der Waals surface area (Å²) in [7, 11) is 1.13. The minimum Gasteiger partial charge on any atom is -0.477 e. The molecule has 4 atom stereocenters. The quantitative estimate of drug-likeness (QED) is 0.457. The van der Waals surface area contributed by atoms with E-state index in [1.54, 1.807) is 0 Å². The van der Waals surface area contributed by atoms with E-state index in [9.17, 15) is 24.6 Å². The summed E-state index contributed by atoms with van der Waals surface area (Å²) in [5.41, 5.74) is -2.53. The molecule has 21 heavy (non-hydrogen) atoms. The number of aliphatic hydroxyl groups is 3. The number of hydrogen-bond donors (Lipinski definition) is 4. The van der Waals surface area contributed by atoms with E-state index in [-0.39, 0.29) is 0 Å². The Hall–Kier alpha value is -2.01. The van der Waals surface area contributed by atoms with Crippen molar-refractivity contribution in [3.63, 3.8) is 0 Å². The molecule has 1 saturated heterocycles. The molecule has 2 heterocycles. The number of rotatable bonds is 3. The maximum Gasteiger partial charge on any atom is 0.352 e. The molecule has 1 aliphatic heterocycles. The zero-order valence-electron chi connectivity index (χ0n) is 10.9. The van der Waals surface area contributed by atoms with Gasteiger partial charge in [0.15, 0.2) is 6.23 Å². The van der Waals surface area contributed by atoms with Crippen LogP contribution < -0.4 is 11.2 Å². The van der Waals surface area contributed by atoms with Gasteiger partial charge in [0, 0.05) is 13.1 Å². The second kappa shape index (κ2) is 5.41. The number of hydrogen-bond acceptors (Lipinski definition) is 7. The van der Waals surface area contributed by atoms with Gasteiger partial charge in [0.1, 0.15) is 24.0 Å². The van der Waals surface area contributed by atoms with E-state index < -0.39 is 54.1 Å². The highest BCUT2D eigenvalue weighted by molar-refractivity contribution is 5.85. The maximum absolute atomic E-state index is 12.1. The van der Waals surface area contributed by atoms with Crippen molar-refractivity contribution in [1.82, 2.24) is 9.13 Å². The molecule has 1 aromatic rings. The van der Waals surface area contributed by atoms with Crippen LogP contribution in [0.25, 0.3) is 0 Å². The first kappa shape index (κ1) is 15.4. The number of carboxylic acid groups (broad SMARTS) is 1. The molecule has 10 heteroatoms. The Morgan fingerprint density at radius 1 is 1.33 bits per heavy atom. The van der Waals surface area contributed by atoms with Crippen LogP contribution in [0.3, 0.4) is 0 Å². The first-order chi connectivity index (χ1) is 9.79. The standard InChI is InChI=1S/C11H14N2O8/c1-12-6(15)2-4(10(18)19)13(11(12)20)9-8(17)7(16)5(3-14)21-9/h2,5,7-9,14,16-17H,3H2,1H3,(H,18,19)/t5-,7-,8-,9-/m1/s1. The van der Waals surface area contributed by atoms with Gasteiger partial charge in [-0.05, 0) is 0 Å². The SMILES string of the molecule is Cn1c(=O)cc(C(=O)O)n([C@@H]2O[C@H](CO)[C@@H](O)[C@H]2O)c1=O. The van der Waals surface area contributed by atoms with E-state index in [0.29, 0.717) is 15.2 Å². The van der Waals surface area contributed by atoms with Crippen molar-refractivity contribution in [2.24, 2.45) is 7.05 Å². The monoisotopic (exact) mass is 302 g/mol. The number of aliphatic hydroxyl groups excluding tert-OH is 3. The summed E-state index contributed by atoms with van der Waals surface area (Å²) in [6, 6.07) is 0.707. The topological polar surface area (TPSA) is 151 Å². The summed E-state index contributed by atoms with van der Waals surface area (Å²) >= 11 is 0. The third-order valence-electron chi connectivity index (χ3n) is 3.33. The van der Waals surface area contributed by atoms with Crippen molar-refractivity contribution in [2.45, 2.75) is 24.5 Å². The predicted molar refractivity (Wildman–Crippen MR) is 65.9 cm³/mol. The van der Waals surface area contributed by atoms with Gasteiger partial charge >= 0.3 is 11.7 Å². The molecule has 2 rings (SSSR count). The number of aromatic nitrogens is 2. The molecule has 10 nitrogen and oxygen atoms in total. The molecule has 0 radical (unpaired) electrons. The largest absolute Gasteiger partial charge is 0.477 e. The third kappa shape index (κ3) is 2.38. The van der Waals surface area contributed by atoms with E-state index >= 15 is 0 Å². The zero-order valence-corrected chi connectivity index (χ0v) is 10.9. The fourth-order valence-electron chi connectivity index (χ4n) is 2.15. The molecule has 1 aliphatic rings. The van der Waals surface area contributed by atoms with Crippen LogP contribution >= 0.6 is 0 Å². The minimum absolute atomic E-state index is 0.563. The van der Waals surface area contributed by atoms with Crippen LogP contribution in [0.4, 0.5) is 0 Å². The average Bonchev–Trinajstić information content (AvgIpc) is 2.72. The van der Waals surface area contributed by atoms with E-state index in [1.807, 2.05) is 0 Å². The minimum atomic E-state index is -1.63. The molecule has 0 amide bonds. The van der Waals surface area contributed by atoms with Crippen molar-refractivity contribution in [1.29, 1.82) is 0 Å². The van der Waals surface area contributed by atoms with Crippen LogP contribution in [0, 0.1) is 0 Å². The Kier molecular flexibility index (Phi) is 3.96. The van der Waals surface area contributed by atoms with E-state index in [1.165, 1.54) is 0 Å². The molecule has 116 valence electrons. The Balaban J connectivity index is 2.64. The lowest BCUT2D eigenvalue weighted by molar-refractivity contribution is -0.0567. The van der Waals surface area contributed by atoms with Gasteiger partial charge in [-0.3, -0.25) is 13.9 Å². The van der Waals surface area contributed by atoms with Gasteiger partial charge in [0.25, 0.3) is 5.56 Å². The summed E-state index contributed by atoms with van der Waals surface area (Å²) in [5.74, 6) is -1.57. The number of carbonyl (C=O) groups is 1. The van der Waals surface area contributed by atoms with Gasteiger partial charge < -0.3 is 25.2 Å². The van der Waals surface area contributed by atoms with Gasteiger partial charge in [0.2, 0.25) is 0 Å². The molecule has 0 aromatic carbocycles. The lowest BCUT2D eigenvalue weighted by Gasteiger charge is -2.20. The summed E-state index contributed by atoms with van der Waals surface area (Å²) in [5, 5.41) is 37.6. The Bertz CT molecular complexity index is 678. The number of ether oxygens (including phenoxy) is 1. The average molecular weight is 302 g/mol. The van der Waals surface area contributed by atoms with Gasteiger partial charge in [-0.2, -0.15) is 0 Å². The van der Waals surface area contributed by atoms with Crippen LogP contribution in [0.5, 0.6) is 0 Å². The van der Waals surface area contributed by atoms with Crippen molar-refractivity contribution in [3.05, 3.63) is 32.6 Å². The van der Waals surface area contributed by atoms with Crippen molar-refractivity contribution < 1.29 is 30.0 Å². The molecule has 0 unspecified atom stereocenters. The molecule has 0 saturated carbocycles. The van der Waals surface area contributed by atoms with Gasteiger partial charge in [-0.25, -0.2) is 9.59 Å². The molecule has 0 aliphatic carbocycles.